The topological polar surface area (TPSA) is 56.9 Å². The third kappa shape index (κ3) is 2.76. The van der Waals surface area contributed by atoms with Crippen LogP contribution in [0.4, 0.5) is 0 Å². The molecule has 0 saturated carbocycles. The summed E-state index contributed by atoms with van der Waals surface area (Å²) in [6.07, 6.45) is 0.737. The maximum absolute atomic E-state index is 9.10. The average Bonchev–Trinajstić information content (AvgIpc) is 2.38. The smallest absolute Gasteiger partial charge is 0.0999 e. The number of aliphatic hydroxyl groups excluding tert-OH is 1. The van der Waals surface area contributed by atoms with Gasteiger partial charge in [0, 0.05) is 17.7 Å². The summed E-state index contributed by atoms with van der Waals surface area (Å²) >= 11 is 1.57. The highest BCUT2D eigenvalue weighted by Crippen LogP contribution is 2.23. The number of thioether (sulfide) groups is 1. The minimum atomic E-state index is 0.186. The standard InChI is InChI=1S/C13H12N2OS/c14-9-10-8-13(17-7-3-6-16)15-12-5-2-1-4-11(10)12/h1-2,4-5,8,16H,3,6-7H2. The molecule has 4 heteroatoms. The van der Waals surface area contributed by atoms with E-state index in [-0.39, 0.29) is 6.61 Å². The molecular formula is C13H12N2OS. The summed E-state index contributed by atoms with van der Waals surface area (Å²) in [5.41, 5.74) is 1.50. The van der Waals surface area contributed by atoms with Gasteiger partial charge in [-0.15, -0.1) is 11.8 Å². The monoisotopic (exact) mass is 244 g/mol. The Morgan fingerprint density at radius 2 is 2.18 bits per heavy atom. The fourth-order valence-corrected chi connectivity index (χ4v) is 2.41. The van der Waals surface area contributed by atoms with E-state index in [1.807, 2.05) is 30.3 Å². The van der Waals surface area contributed by atoms with Crippen LogP contribution in [0.15, 0.2) is 35.4 Å². The van der Waals surface area contributed by atoms with Gasteiger partial charge in [-0.25, -0.2) is 4.98 Å². The molecule has 0 unspecified atom stereocenters. The van der Waals surface area contributed by atoms with Crippen molar-refractivity contribution in [2.45, 2.75) is 11.4 Å². The average molecular weight is 244 g/mol. The van der Waals surface area contributed by atoms with E-state index in [0.29, 0.717) is 5.56 Å². The van der Waals surface area contributed by atoms with E-state index in [1.54, 1.807) is 11.8 Å². The molecule has 0 fully saturated rings. The van der Waals surface area contributed by atoms with Crippen LogP contribution in [0.2, 0.25) is 0 Å². The molecule has 17 heavy (non-hydrogen) atoms. The summed E-state index contributed by atoms with van der Waals surface area (Å²) in [7, 11) is 0. The molecule has 0 aliphatic carbocycles. The molecule has 0 aliphatic rings. The van der Waals surface area contributed by atoms with Gasteiger partial charge in [-0.2, -0.15) is 5.26 Å². The number of benzene rings is 1. The molecule has 0 amide bonds. The third-order valence-electron chi connectivity index (χ3n) is 2.37. The SMILES string of the molecule is N#Cc1cc(SCCCO)nc2ccccc12. The number of para-hydroxylation sites is 1. The second kappa shape index (κ2) is 5.67. The molecule has 2 rings (SSSR count). The zero-order valence-electron chi connectivity index (χ0n) is 9.26. The summed E-state index contributed by atoms with van der Waals surface area (Å²) in [6.45, 7) is 0.186. The Bertz CT molecular complexity index is 563. The van der Waals surface area contributed by atoms with Crippen molar-refractivity contribution >= 4 is 22.7 Å². The minimum Gasteiger partial charge on any atom is -0.396 e. The van der Waals surface area contributed by atoms with Crippen molar-refractivity contribution in [3.63, 3.8) is 0 Å². The Labute approximate surface area is 104 Å². The van der Waals surface area contributed by atoms with E-state index in [1.165, 1.54) is 0 Å². The predicted octanol–water partition coefficient (Wildman–Crippen LogP) is 2.58. The fourth-order valence-electron chi connectivity index (χ4n) is 1.56. The van der Waals surface area contributed by atoms with Gasteiger partial charge in [-0.1, -0.05) is 18.2 Å². The molecule has 86 valence electrons. The number of nitrogens with zero attached hydrogens (tertiary/aromatic N) is 2. The number of pyridine rings is 1. The molecule has 3 nitrogen and oxygen atoms in total. The second-order valence-corrected chi connectivity index (χ2v) is 4.68. The number of nitriles is 1. The van der Waals surface area contributed by atoms with Gasteiger partial charge in [0.25, 0.3) is 0 Å². The van der Waals surface area contributed by atoms with Crippen LogP contribution in [0.1, 0.15) is 12.0 Å². The molecule has 0 bridgehead atoms. The Hall–Kier alpha value is -1.57. The number of fused-ring (bicyclic) bond motifs is 1. The van der Waals surface area contributed by atoms with Crippen LogP contribution in [0.25, 0.3) is 10.9 Å². The van der Waals surface area contributed by atoms with Crippen LogP contribution < -0.4 is 0 Å². The first-order valence-corrected chi connectivity index (χ1v) is 6.37. The van der Waals surface area contributed by atoms with Crippen molar-refractivity contribution in [1.29, 1.82) is 5.26 Å². The first-order valence-electron chi connectivity index (χ1n) is 5.38. The summed E-state index contributed by atoms with van der Waals surface area (Å²) in [5.74, 6) is 0.812. The molecule has 0 atom stereocenters. The maximum atomic E-state index is 9.10. The van der Waals surface area contributed by atoms with Gasteiger partial charge in [0.2, 0.25) is 0 Å². The van der Waals surface area contributed by atoms with Gasteiger partial charge in [0.1, 0.15) is 0 Å². The highest BCUT2D eigenvalue weighted by molar-refractivity contribution is 7.99. The predicted molar refractivity (Wildman–Crippen MR) is 68.9 cm³/mol. The lowest BCUT2D eigenvalue weighted by Gasteiger charge is -2.04. The molecular weight excluding hydrogens is 232 g/mol. The maximum Gasteiger partial charge on any atom is 0.0999 e. The molecule has 1 aromatic heterocycles. The summed E-state index contributed by atoms with van der Waals surface area (Å²) < 4.78 is 0. The second-order valence-electron chi connectivity index (χ2n) is 3.56. The van der Waals surface area contributed by atoms with Crippen molar-refractivity contribution in [3.05, 3.63) is 35.9 Å². The Kier molecular flexibility index (Phi) is 3.97. The molecule has 0 radical (unpaired) electrons. The lowest BCUT2D eigenvalue weighted by atomic mass is 10.1. The van der Waals surface area contributed by atoms with E-state index in [2.05, 4.69) is 11.1 Å². The summed E-state index contributed by atoms with van der Waals surface area (Å²) in [4.78, 5) is 4.49. The first kappa shape index (κ1) is 11.9. The van der Waals surface area contributed by atoms with E-state index >= 15 is 0 Å². The molecule has 0 aliphatic heterocycles. The lowest BCUT2D eigenvalue weighted by molar-refractivity contribution is 0.296. The van der Waals surface area contributed by atoms with E-state index in [4.69, 9.17) is 10.4 Å². The van der Waals surface area contributed by atoms with Gasteiger partial charge >= 0.3 is 0 Å². The van der Waals surface area contributed by atoms with Crippen LogP contribution in [0.3, 0.4) is 0 Å². The van der Waals surface area contributed by atoms with Crippen molar-refractivity contribution in [3.8, 4) is 6.07 Å². The number of hydrogen-bond donors (Lipinski definition) is 1. The molecule has 2 aromatic rings. The van der Waals surface area contributed by atoms with Gasteiger partial charge in [0.15, 0.2) is 0 Å². The highest BCUT2D eigenvalue weighted by Gasteiger charge is 2.05. The van der Waals surface area contributed by atoms with Crippen LogP contribution >= 0.6 is 11.8 Å². The third-order valence-corrected chi connectivity index (χ3v) is 3.36. The van der Waals surface area contributed by atoms with E-state index in [9.17, 15) is 0 Å². The number of hydrogen-bond acceptors (Lipinski definition) is 4. The van der Waals surface area contributed by atoms with Crippen LogP contribution in [0.5, 0.6) is 0 Å². The zero-order valence-corrected chi connectivity index (χ0v) is 10.1. The minimum absolute atomic E-state index is 0.186. The normalized spacial score (nSPS) is 10.4. The summed E-state index contributed by atoms with van der Waals surface area (Å²) in [6, 6.07) is 11.6. The molecule has 1 aromatic carbocycles. The van der Waals surface area contributed by atoms with Crippen molar-refractivity contribution in [1.82, 2.24) is 4.98 Å². The summed E-state index contributed by atoms with van der Waals surface area (Å²) in [5, 5.41) is 19.6. The first-order chi connectivity index (χ1) is 8.35. The Morgan fingerprint density at radius 1 is 1.35 bits per heavy atom. The highest BCUT2D eigenvalue weighted by atomic mass is 32.2. The zero-order chi connectivity index (χ0) is 12.1. The molecule has 0 saturated heterocycles. The Balaban J connectivity index is 2.36. The molecule has 0 spiro atoms. The largest absolute Gasteiger partial charge is 0.396 e. The quantitative estimate of drug-likeness (QED) is 0.663. The van der Waals surface area contributed by atoms with Gasteiger partial charge in [-0.05, 0) is 18.6 Å². The molecule has 1 heterocycles. The van der Waals surface area contributed by atoms with Crippen molar-refractivity contribution < 1.29 is 5.11 Å². The Morgan fingerprint density at radius 3 is 2.94 bits per heavy atom. The number of aliphatic hydroxyl groups is 1. The van der Waals surface area contributed by atoms with Gasteiger partial charge in [-0.3, -0.25) is 0 Å². The van der Waals surface area contributed by atoms with Gasteiger partial charge in [0.05, 0.1) is 22.2 Å². The molecule has 1 N–H and O–H groups in total. The fraction of sp³-hybridized carbons (Fsp3) is 0.231. The van der Waals surface area contributed by atoms with Crippen molar-refractivity contribution in [2.24, 2.45) is 0 Å². The van der Waals surface area contributed by atoms with E-state index in [0.717, 1.165) is 28.1 Å². The van der Waals surface area contributed by atoms with Crippen LogP contribution in [-0.2, 0) is 0 Å². The van der Waals surface area contributed by atoms with Crippen LogP contribution in [0, 0.1) is 11.3 Å². The lowest BCUT2D eigenvalue weighted by Crippen LogP contribution is -1.90. The van der Waals surface area contributed by atoms with Crippen LogP contribution in [-0.4, -0.2) is 22.5 Å². The number of rotatable bonds is 4. The van der Waals surface area contributed by atoms with E-state index < -0.39 is 0 Å². The number of aromatic nitrogens is 1. The van der Waals surface area contributed by atoms with Gasteiger partial charge < -0.3 is 5.11 Å². The van der Waals surface area contributed by atoms with Crippen molar-refractivity contribution in [2.75, 3.05) is 12.4 Å².